The summed E-state index contributed by atoms with van der Waals surface area (Å²) in [7, 11) is -2.36. The fraction of sp³-hybridized carbons (Fsp3) is 0.208. The molecule has 32 heavy (non-hydrogen) atoms. The van der Waals surface area contributed by atoms with E-state index < -0.39 is 15.8 Å². The number of benzene rings is 3. The quantitative estimate of drug-likeness (QED) is 0.545. The van der Waals surface area contributed by atoms with E-state index in [0.29, 0.717) is 6.54 Å². The van der Waals surface area contributed by atoms with Crippen LogP contribution in [0.1, 0.15) is 21.5 Å². The highest BCUT2D eigenvalue weighted by atomic mass is 32.2. The van der Waals surface area contributed by atoms with Gasteiger partial charge in [-0.1, -0.05) is 18.2 Å². The molecule has 0 saturated carbocycles. The van der Waals surface area contributed by atoms with Gasteiger partial charge in [-0.2, -0.15) is 0 Å². The lowest BCUT2D eigenvalue weighted by molar-refractivity contribution is 0.0774. The van der Waals surface area contributed by atoms with Gasteiger partial charge in [-0.25, -0.2) is 12.8 Å². The lowest BCUT2D eigenvalue weighted by atomic mass is 10.1. The van der Waals surface area contributed by atoms with E-state index in [2.05, 4.69) is 4.72 Å². The Morgan fingerprint density at radius 3 is 2.28 bits per heavy atom. The number of carbonyl (C=O) groups excluding carboxylic acids is 1. The maximum Gasteiger partial charge on any atom is 0.261 e. The first kappa shape index (κ1) is 23.3. The van der Waals surface area contributed by atoms with Crippen LogP contribution in [0.15, 0.2) is 71.6 Å². The molecule has 0 spiro atoms. The highest BCUT2D eigenvalue weighted by Gasteiger charge is 2.20. The number of likely N-dealkylation sites (N-methyl/N-ethyl adjacent to an activating group) is 1. The molecule has 1 amide bonds. The maximum atomic E-state index is 13.1. The Kier molecular flexibility index (Phi) is 7.15. The fourth-order valence-corrected chi connectivity index (χ4v) is 4.28. The predicted octanol–water partition coefficient (Wildman–Crippen LogP) is 4.39. The summed E-state index contributed by atoms with van der Waals surface area (Å²) in [5.74, 6) is -0.161. The first-order valence-corrected chi connectivity index (χ1v) is 11.5. The van der Waals surface area contributed by atoms with Crippen LogP contribution in [0.2, 0.25) is 0 Å². The Balaban J connectivity index is 1.69. The predicted molar refractivity (Wildman–Crippen MR) is 122 cm³/mol. The maximum absolute atomic E-state index is 13.1. The van der Waals surface area contributed by atoms with Crippen LogP contribution in [0, 0.1) is 19.7 Å². The van der Waals surface area contributed by atoms with Crippen molar-refractivity contribution in [2.75, 3.05) is 24.9 Å². The monoisotopic (exact) mass is 456 g/mol. The summed E-state index contributed by atoms with van der Waals surface area (Å²) in [5, 5.41) is 0. The van der Waals surface area contributed by atoms with Crippen LogP contribution in [-0.4, -0.2) is 39.4 Å². The third-order valence-electron chi connectivity index (χ3n) is 4.76. The van der Waals surface area contributed by atoms with Crippen molar-refractivity contribution in [2.24, 2.45) is 0 Å². The second-order valence-electron chi connectivity index (χ2n) is 7.50. The number of rotatable bonds is 8. The molecule has 0 aliphatic carbocycles. The molecule has 0 bridgehead atoms. The Hall–Kier alpha value is -3.39. The number of hydrogen-bond donors (Lipinski definition) is 1. The molecule has 0 saturated heterocycles. The van der Waals surface area contributed by atoms with Gasteiger partial charge in [0.25, 0.3) is 15.9 Å². The first-order valence-electron chi connectivity index (χ1n) is 10.00. The van der Waals surface area contributed by atoms with E-state index >= 15 is 0 Å². The molecule has 6 nitrogen and oxygen atoms in total. The van der Waals surface area contributed by atoms with Crippen molar-refractivity contribution < 1.29 is 22.3 Å². The number of nitrogens with one attached hydrogen (secondary N) is 1. The summed E-state index contributed by atoms with van der Waals surface area (Å²) in [6.45, 7) is 4.57. The summed E-state index contributed by atoms with van der Waals surface area (Å²) in [5.41, 5.74) is 2.52. The van der Waals surface area contributed by atoms with Gasteiger partial charge >= 0.3 is 0 Å². The number of amides is 1. The molecule has 0 aromatic heterocycles. The molecular formula is C24H25FN2O4S. The van der Waals surface area contributed by atoms with Crippen LogP contribution in [0.5, 0.6) is 5.75 Å². The molecule has 3 rings (SSSR count). The molecule has 1 N–H and O–H groups in total. The number of aryl methyl sites for hydroxylation is 2. The van der Waals surface area contributed by atoms with Crippen molar-refractivity contribution in [3.63, 3.8) is 0 Å². The summed E-state index contributed by atoms with van der Waals surface area (Å²) >= 11 is 0. The van der Waals surface area contributed by atoms with Crippen molar-refractivity contribution in [1.82, 2.24) is 4.90 Å². The summed E-state index contributed by atoms with van der Waals surface area (Å²) in [6.07, 6.45) is 0. The Morgan fingerprint density at radius 2 is 1.62 bits per heavy atom. The van der Waals surface area contributed by atoms with Crippen molar-refractivity contribution in [1.29, 1.82) is 0 Å². The Labute approximate surface area is 187 Å². The minimum absolute atomic E-state index is 0.101. The largest absolute Gasteiger partial charge is 0.492 e. The zero-order valence-corrected chi connectivity index (χ0v) is 18.9. The zero-order valence-electron chi connectivity index (χ0n) is 18.1. The molecule has 0 aliphatic heterocycles. The molecule has 0 aliphatic rings. The van der Waals surface area contributed by atoms with Crippen LogP contribution < -0.4 is 9.46 Å². The van der Waals surface area contributed by atoms with E-state index in [1.807, 2.05) is 32.0 Å². The average molecular weight is 457 g/mol. The number of halogens is 1. The lowest BCUT2D eigenvalue weighted by Gasteiger charge is -2.20. The molecule has 168 valence electrons. The first-order chi connectivity index (χ1) is 15.2. The second kappa shape index (κ2) is 9.82. The number of para-hydroxylation sites is 1. The standard InChI is InChI=1S/C24H25FN2O4S/c1-17-14-18(2)16-20(15-17)31-13-12-27(3)24(28)22-6-4-5-7-23(22)26-32(29,30)21-10-8-19(25)9-11-21/h4-11,14-16,26H,12-13H2,1-3H3. The minimum atomic E-state index is -3.99. The highest BCUT2D eigenvalue weighted by molar-refractivity contribution is 7.92. The van der Waals surface area contributed by atoms with Gasteiger partial charge in [0.1, 0.15) is 18.2 Å². The van der Waals surface area contributed by atoms with Crippen molar-refractivity contribution in [2.45, 2.75) is 18.7 Å². The van der Waals surface area contributed by atoms with E-state index in [9.17, 15) is 17.6 Å². The Morgan fingerprint density at radius 1 is 1.00 bits per heavy atom. The van der Waals surface area contributed by atoms with Crippen LogP contribution in [0.3, 0.4) is 0 Å². The van der Waals surface area contributed by atoms with Crippen LogP contribution in [0.4, 0.5) is 10.1 Å². The van der Waals surface area contributed by atoms with E-state index in [4.69, 9.17) is 4.74 Å². The molecule has 3 aromatic rings. The van der Waals surface area contributed by atoms with Gasteiger partial charge in [-0.3, -0.25) is 9.52 Å². The summed E-state index contributed by atoms with van der Waals surface area (Å²) in [4.78, 5) is 14.3. The van der Waals surface area contributed by atoms with Gasteiger partial charge in [-0.15, -0.1) is 0 Å². The molecule has 0 radical (unpaired) electrons. The molecule has 0 fully saturated rings. The lowest BCUT2D eigenvalue weighted by Crippen LogP contribution is -2.31. The van der Waals surface area contributed by atoms with Gasteiger partial charge < -0.3 is 9.64 Å². The van der Waals surface area contributed by atoms with Gasteiger partial charge in [-0.05, 0) is 73.5 Å². The number of anilines is 1. The zero-order chi connectivity index (χ0) is 23.3. The van der Waals surface area contributed by atoms with Gasteiger partial charge in [0, 0.05) is 7.05 Å². The van der Waals surface area contributed by atoms with Gasteiger partial charge in [0.05, 0.1) is 22.7 Å². The van der Waals surface area contributed by atoms with E-state index in [-0.39, 0.29) is 28.7 Å². The third-order valence-corrected chi connectivity index (χ3v) is 6.14. The second-order valence-corrected chi connectivity index (χ2v) is 9.19. The van der Waals surface area contributed by atoms with Crippen LogP contribution in [-0.2, 0) is 10.0 Å². The van der Waals surface area contributed by atoms with Crippen molar-refractivity contribution in [3.05, 3.63) is 89.2 Å². The number of ether oxygens (including phenoxy) is 1. The number of sulfonamides is 1. The third kappa shape index (κ3) is 5.85. The van der Waals surface area contributed by atoms with Crippen LogP contribution in [0.25, 0.3) is 0 Å². The Bertz CT molecular complexity index is 1190. The molecular weight excluding hydrogens is 431 g/mol. The van der Waals surface area contributed by atoms with E-state index in [0.717, 1.165) is 29.0 Å². The summed E-state index contributed by atoms with van der Waals surface area (Å²) in [6, 6.07) is 16.7. The number of carbonyl (C=O) groups is 1. The fourth-order valence-electron chi connectivity index (χ4n) is 3.20. The molecule has 0 heterocycles. The number of hydrogen-bond acceptors (Lipinski definition) is 4. The molecule has 3 aromatic carbocycles. The highest BCUT2D eigenvalue weighted by Crippen LogP contribution is 2.22. The van der Waals surface area contributed by atoms with Crippen molar-refractivity contribution >= 4 is 21.6 Å². The SMILES string of the molecule is Cc1cc(C)cc(OCCN(C)C(=O)c2ccccc2NS(=O)(=O)c2ccc(F)cc2)c1. The average Bonchev–Trinajstić information content (AvgIpc) is 2.73. The van der Waals surface area contributed by atoms with Crippen molar-refractivity contribution in [3.8, 4) is 5.75 Å². The van der Waals surface area contributed by atoms with Gasteiger partial charge in [0.2, 0.25) is 0 Å². The van der Waals surface area contributed by atoms with E-state index in [1.165, 1.54) is 23.1 Å². The topological polar surface area (TPSA) is 75.7 Å². The van der Waals surface area contributed by atoms with E-state index in [1.54, 1.807) is 25.2 Å². The van der Waals surface area contributed by atoms with Gasteiger partial charge in [0.15, 0.2) is 0 Å². The molecule has 0 atom stereocenters. The van der Waals surface area contributed by atoms with Crippen LogP contribution >= 0.6 is 0 Å². The summed E-state index contributed by atoms with van der Waals surface area (Å²) < 4.78 is 46.7. The molecule has 0 unspecified atom stereocenters. The number of nitrogens with zero attached hydrogens (tertiary/aromatic N) is 1. The minimum Gasteiger partial charge on any atom is -0.492 e. The normalized spacial score (nSPS) is 11.1. The molecule has 8 heteroatoms. The smallest absolute Gasteiger partial charge is 0.261 e.